The highest BCUT2D eigenvalue weighted by Crippen LogP contribution is 2.28. The predicted molar refractivity (Wildman–Crippen MR) is 62.6 cm³/mol. The Morgan fingerprint density at radius 3 is 3.00 bits per heavy atom. The lowest BCUT2D eigenvalue weighted by Crippen LogP contribution is -2.51. The molecule has 1 atom stereocenters. The summed E-state index contributed by atoms with van der Waals surface area (Å²) in [4.78, 5) is 11.2. The average Bonchev–Trinajstić information content (AvgIpc) is 2.84. The maximum Gasteiger partial charge on any atom is 0.324 e. The van der Waals surface area contributed by atoms with Gasteiger partial charge in [0.05, 0.1) is 6.54 Å². The first-order chi connectivity index (χ1) is 7.62. The summed E-state index contributed by atoms with van der Waals surface area (Å²) in [5.74, 6) is 2.40. The zero-order valence-corrected chi connectivity index (χ0v) is 9.97. The number of aryl methyl sites for hydroxylation is 1. The third-order valence-electron chi connectivity index (χ3n) is 2.83. The number of furan rings is 1. The van der Waals surface area contributed by atoms with E-state index in [4.69, 9.17) is 4.42 Å². The van der Waals surface area contributed by atoms with Gasteiger partial charge in [0.1, 0.15) is 17.1 Å². The van der Waals surface area contributed by atoms with Crippen molar-refractivity contribution in [2.24, 2.45) is 0 Å². The van der Waals surface area contributed by atoms with E-state index in [0.29, 0.717) is 18.7 Å². The van der Waals surface area contributed by atoms with Crippen LogP contribution in [0.25, 0.3) is 0 Å². The zero-order valence-electron chi connectivity index (χ0n) is 9.16. The molecule has 1 saturated heterocycles. The van der Waals surface area contributed by atoms with Crippen molar-refractivity contribution >= 4 is 17.7 Å². The number of carboxylic acids is 1. The van der Waals surface area contributed by atoms with Crippen LogP contribution in [0.3, 0.4) is 0 Å². The van der Waals surface area contributed by atoms with Crippen molar-refractivity contribution in [3.8, 4) is 0 Å². The summed E-state index contributed by atoms with van der Waals surface area (Å²) in [6.45, 7) is 2.35. The average molecular weight is 241 g/mol. The Morgan fingerprint density at radius 1 is 1.69 bits per heavy atom. The van der Waals surface area contributed by atoms with E-state index in [-0.39, 0.29) is 0 Å². The molecule has 0 bridgehead atoms. The Balaban J connectivity index is 1.99. The molecule has 1 aliphatic heterocycles. The standard InChI is InChI=1S/C11H15NO3S/c1-8-2-3-9(15-8)6-12-11(10(13)14)4-5-16-7-11/h2-3,12H,4-7H2,1H3,(H,13,14). The second-order valence-electron chi connectivity index (χ2n) is 4.06. The number of rotatable bonds is 4. The third kappa shape index (κ3) is 2.25. The van der Waals surface area contributed by atoms with Gasteiger partial charge in [0.25, 0.3) is 0 Å². The van der Waals surface area contributed by atoms with Crippen LogP contribution in [0.4, 0.5) is 0 Å². The molecule has 1 unspecified atom stereocenters. The molecule has 0 aromatic carbocycles. The van der Waals surface area contributed by atoms with Crippen molar-refractivity contribution in [3.63, 3.8) is 0 Å². The molecular weight excluding hydrogens is 226 g/mol. The summed E-state index contributed by atoms with van der Waals surface area (Å²) in [6, 6.07) is 3.76. The monoisotopic (exact) mass is 241 g/mol. The minimum absolute atomic E-state index is 0.473. The van der Waals surface area contributed by atoms with Crippen LogP contribution in [0.5, 0.6) is 0 Å². The highest BCUT2D eigenvalue weighted by Gasteiger charge is 2.41. The van der Waals surface area contributed by atoms with Crippen LogP contribution in [0.2, 0.25) is 0 Å². The number of carboxylic acid groups (broad SMARTS) is 1. The van der Waals surface area contributed by atoms with E-state index in [1.165, 1.54) is 0 Å². The smallest absolute Gasteiger partial charge is 0.324 e. The van der Waals surface area contributed by atoms with Crippen LogP contribution in [-0.4, -0.2) is 28.1 Å². The molecule has 4 nitrogen and oxygen atoms in total. The van der Waals surface area contributed by atoms with E-state index < -0.39 is 11.5 Å². The molecule has 1 aliphatic rings. The number of hydrogen-bond acceptors (Lipinski definition) is 4. The normalized spacial score (nSPS) is 24.8. The number of thioether (sulfide) groups is 1. The van der Waals surface area contributed by atoms with Gasteiger partial charge in [-0.3, -0.25) is 10.1 Å². The molecule has 16 heavy (non-hydrogen) atoms. The second-order valence-corrected chi connectivity index (χ2v) is 5.16. The van der Waals surface area contributed by atoms with E-state index in [9.17, 15) is 9.90 Å². The Labute approximate surface area is 98.4 Å². The fourth-order valence-corrected chi connectivity index (χ4v) is 3.14. The molecule has 0 aliphatic carbocycles. The molecule has 0 spiro atoms. The highest BCUT2D eigenvalue weighted by molar-refractivity contribution is 7.99. The molecule has 2 heterocycles. The number of aliphatic carboxylic acids is 1. The molecule has 0 radical (unpaired) electrons. The van der Waals surface area contributed by atoms with E-state index >= 15 is 0 Å². The maximum atomic E-state index is 11.2. The van der Waals surface area contributed by atoms with E-state index in [2.05, 4.69) is 5.32 Å². The van der Waals surface area contributed by atoms with Gasteiger partial charge in [-0.25, -0.2) is 0 Å². The van der Waals surface area contributed by atoms with Gasteiger partial charge in [-0.05, 0) is 31.2 Å². The second kappa shape index (κ2) is 4.51. The van der Waals surface area contributed by atoms with Crippen LogP contribution >= 0.6 is 11.8 Å². The predicted octanol–water partition coefficient (Wildman–Crippen LogP) is 1.64. The molecule has 1 aromatic heterocycles. The highest BCUT2D eigenvalue weighted by atomic mass is 32.2. The minimum Gasteiger partial charge on any atom is -0.480 e. The van der Waals surface area contributed by atoms with Gasteiger partial charge in [0.15, 0.2) is 0 Å². The fourth-order valence-electron chi connectivity index (χ4n) is 1.79. The lowest BCUT2D eigenvalue weighted by Gasteiger charge is -2.23. The molecule has 88 valence electrons. The van der Waals surface area contributed by atoms with Gasteiger partial charge in [-0.2, -0.15) is 11.8 Å². The molecule has 1 fully saturated rings. The Hall–Kier alpha value is -0.940. The maximum absolute atomic E-state index is 11.2. The van der Waals surface area contributed by atoms with Gasteiger partial charge in [-0.15, -0.1) is 0 Å². The first-order valence-corrected chi connectivity index (χ1v) is 6.39. The first-order valence-electron chi connectivity index (χ1n) is 5.24. The number of nitrogens with one attached hydrogen (secondary N) is 1. The molecule has 2 N–H and O–H groups in total. The number of carbonyl (C=O) groups is 1. The third-order valence-corrected chi connectivity index (χ3v) is 4.02. The van der Waals surface area contributed by atoms with E-state index in [1.54, 1.807) is 11.8 Å². The van der Waals surface area contributed by atoms with Crippen molar-refractivity contribution in [2.45, 2.75) is 25.4 Å². The van der Waals surface area contributed by atoms with Crippen molar-refractivity contribution < 1.29 is 14.3 Å². The van der Waals surface area contributed by atoms with Crippen molar-refractivity contribution in [1.29, 1.82) is 0 Å². The SMILES string of the molecule is Cc1ccc(CNC2(C(=O)O)CCSC2)o1. The summed E-state index contributed by atoms with van der Waals surface area (Å²) in [5, 5.41) is 12.4. The largest absolute Gasteiger partial charge is 0.480 e. The molecule has 0 saturated carbocycles. The molecular formula is C11H15NO3S. The lowest BCUT2D eigenvalue weighted by molar-refractivity contribution is -0.143. The minimum atomic E-state index is -0.772. The van der Waals surface area contributed by atoms with Crippen LogP contribution in [0.1, 0.15) is 17.9 Å². The molecule has 5 heteroatoms. The van der Waals surface area contributed by atoms with Gasteiger partial charge >= 0.3 is 5.97 Å². The van der Waals surface area contributed by atoms with Crippen LogP contribution in [0, 0.1) is 6.92 Å². The molecule has 0 amide bonds. The lowest BCUT2D eigenvalue weighted by atomic mass is 9.99. The Bertz CT molecular complexity index is 382. The fraction of sp³-hybridized carbons (Fsp3) is 0.545. The van der Waals surface area contributed by atoms with Crippen LogP contribution < -0.4 is 5.32 Å². The van der Waals surface area contributed by atoms with Gasteiger partial charge in [-0.1, -0.05) is 0 Å². The topological polar surface area (TPSA) is 62.5 Å². The van der Waals surface area contributed by atoms with Gasteiger partial charge in [0, 0.05) is 5.75 Å². The van der Waals surface area contributed by atoms with Crippen LogP contribution in [0.15, 0.2) is 16.5 Å². The summed E-state index contributed by atoms with van der Waals surface area (Å²) in [6.07, 6.45) is 0.673. The molecule has 1 aromatic rings. The first kappa shape index (κ1) is 11.5. The van der Waals surface area contributed by atoms with Gasteiger partial charge in [0.2, 0.25) is 0 Å². The quantitative estimate of drug-likeness (QED) is 0.839. The Kier molecular flexibility index (Phi) is 3.25. The molecule has 2 rings (SSSR count). The van der Waals surface area contributed by atoms with Crippen molar-refractivity contribution in [2.75, 3.05) is 11.5 Å². The summed E-state index contributed by atoms with van der Waals surface area (Å²) >= 11 is 1.68. The summed E-state index contributed by atoms with van der Waals surface area (Å²) in [5.41, 5.74) is -0.772. The summed E-state index contributed by atoms with van der Waals surface area (Å²) in [7, 11) is 0. The van der Waals surface area contributed by atoms with Crippen molar-refractivity contribution in [1.82, 2.24) is 5.32 Å². The van der Waals surface area contributed by atoms with Crippen molar-refractivity contribution in [3.05, 3.63) is 23.7 Å². The van der Waals surface area contributed by atoms with E-state index in [1.807, 2.05) is 19.1 Å². The van der Waals surface area contributed by atoms with Gasteiger partial charge < -0.3 is 9.52 Å². The summed E-state index contributed by atoms with van der Waals surface area (Å²) < 4.78 is 5.41. The number of hydrogen-bond donors (Lipinski definition) is 2. The van der Waals surface area contributed by atoms with E-state index in [0.717, 1.165) is 17.3 Å². The zero-order chi connectivity index (χ0) is 11.6. The van der Waals surface area contributed by atoms with Crippen LogP contribution in [-0.2, 0) is 11.3 Å². The Morgan fingerprint density at radius 2 is 2.50 bits per heavy atom.